The smallest absolute Gasteiger partial charge is 0.408 e. The molecule has 0 bridgehead atoms. The van der Waals surface area contributed by atoms with Gasteiger partial charge in [-0.3, -0.25) is 4.57 Å². The fraction of sp³-hybridized carbons (Fsp3) is 0.278. The Morgan fingerprint density at radius 3 is 2.42 bits per heavy atom. The summed E-state index contributed by atoms with van der Waals surface area (Å²) < 4.78 is 47.2. The van der Waals surface area contributed by atoms with Crippen LogP contribution in [0.2, 0.25) is 0 Å². The average molecular weight is 367 g/mol. The number of alkyl halides is 3. The molecule has 1 heterocycles. The first-order valence-corrected chi connectivity index (χ1v) is 7.90. The van der Waals surface area contributed by atoms with Gasteiger partial charge < -0.3 is 14.3 Å². The summed E-state index contributed by atoms with van der Waals surface area (Å²) in [4.78, 5) is 12.0. The van der Waals surface area contributed by atoms with Crippen molar-refractivity contribution in [3.8, 4) is 16.9 Å². The molecule has 0 amide bonds. The highest BCUT2D eigenvalue weighted by Crippen LogP contribution is 2.28. The maximum Gasteiger partial charge on any atom is 0.573 e. The van der Waals surface area contributed by atoms with Crippen LogP contribution in [0.15, 0.2) is 51.7 Å². The molecular formula is C18H16F3NO4. The minimum absolute atomic E-state index is 0.297. The third-order valence-electron chi connectivity index (χ3n) is 3.86. The number of benzene rings is 2. The Morgan fingerprint density at radius 2 is 1.81 bits per heavy atom. The monoisotopic (exact) mass is 367 g/mol. The number of aliphatic hydroxyl groups excluding tert-OH is 1. The van der Waals surface area contributed by atoms with Crippen molar-refractivity contribution < 1.29 is 27.4 Å². The predicted octanol–water partition coefficient (Wildman–Crippen LogP) is 3.93. The second-order valence-corrected chi connectivity index (χ2v) is 5.91. The van der Waals surface area contributed by atoms with Gasteiger partial charge in [0, 0.05) is 6.54 Å². The van der Waals surface area contributed by atoms with E-state index >= 15 is 0 Å². The molecule has 0 spiro atoms. The number of fused-ring (bicyclic) bond motifs is 1. The number of rotatable bonds is 5. The zero-order valence-corrected chi connectivity index (χ0v) is 13.8. The molecule has 0 saturated heterocycles. The number of aromatic nitrogens is 1. The molecule has 1 atom stereocenters. The van der Waals surface area contributed by atoms with E-state index in [1.54, 1.807) is 25.1 Å². The van der Waals surface area contributed by atoms with E-state index in [-0.39, 0.29) is 5.75 Å². The van der Waals surface area contributed by atoms with Gasteiger partial charge in [0.15, 0.2) is 5.58 Å². The van der Waals surface area contributed by atoms with E-state index in [0.717, 1.165) is 0 Å². The van der Waals surface area contributed by atoms with Crippen molar-refractivity contribution in [3.63, 3.8) is 0 Å². The van der Waals surface area contributed by atoms with Crippen molar-refractivity contribution in [2.45, 2.75) is 32.4 Å². The van der Waals surface area contributed by atoms with Gasteiger partial charge in [-0.15, -0.1) is 13.2 Å². The van der Waals surface area contributed by atoms with Crippen molar-refractivity contribution in [2.24, 2.45) is 0 Å². The molecule has 5 nitrogen and oxygen atoms in total. The lowest BCUT2D eigenvalue weighted by Gasteiger charge is -2.09. The van der Waals surface area contributed by atoms with Crippen molar-refractivity contribution >= 4 is 11.1 Å². The van der Waals surface area contributed by atoms with E-state index in [1.165, 1.54) is 28.8 Å². The minimum atomic E-state index is -4.74. The van der Waals surface area contributed by atoms with E-state index in [1.807, 2.05) is 0 Å². The van der Waals surface area contributed by atoms with Crippen LogP contribution in [-0.2, 0) is 6.54 Å². The number of hydrogen-bond acceptors (Lipinski definition) is 4. The van der Waals surface area contributed by atoms with E-state index in [0.29, 0.717) is 35.2 Å². The maximum atomic E-state index is 12.2. The van der Waals surface area contributed by atoms with Gasteiger partial charge in [0.1, 0.15) is 5.75 Å². The Balaban J connectivity index is 1.93. The van der Waals surface area contributed by atoms with Crippen molar-refractivity contribution in [1.29, 1.82) is 0 Å². The van der Waals surface area contributed by atoms with Gasteiger partial charge >= 0.3 is 12.1 Å². The molecule has 0 aliphatic rings. The lowest BCUT2D eigenvalue weighted by molar-refractivity contribution is -0.274. The third kappa shape index (κ3) is 4.08. The number of hydrogen-bond donors (Lipinski definition) is 1. The molecule has 138 valence electrons. The van der Waals surface area contributed by atoms with Gasteiger partial charge in [0.05, 0.1) is 11.6 Å². The van der Waals surface area contributed by atoms with Crippen LogP contribution in [0.1, 0.15) is 13.3 Å². The molecule has 0 aliphatic carbocycles. The molecule has 8 heteroatoms. The zero-order chi connectivity index (χ0) is 18.9. The Morgan fingerprint density at radius 1 is 1.15 bits per heavy atom. The summed E-state index contributed by atoms with van der Waals surface area (Å²) in [6.07, 6.45) is -4.91. The molecule has 1 N–H and O–H groups in total. The van der Waals surface area contributed by atoms with E-state index < -0.39 is 18.2 Å². The lowest BCUT2D eigenvalue weighted by Crippen LogP contribution is -2.17. The summed E-state index contributed by atoms with van der Waals surface area (Å²) in [5.74, 6) is -0.828. The van der Waals surface area contributed by atoms with E-state index in [2.05, 4.69) is 4.74 Å². The van der Waals surface area contributed by atoms with Crippen LogP contribution in [0.4, 0.5) is 13.2 Å². The summed E-state index contributed by atoms with van der Waals surface area (Å²) in [7, 11) is 0. The fourth-order valence-corrected chi connectivity index (χ4v) is 2.62. The second-order valence-electron chi connectivity index (χ2n) is 5.91. The fourth-order valence-electron chi connectivity index (χ4n) is 2.62. The molecule has 3 rings (SSSR count). The van der Waals surface area contributed by atoms with Gasteiger partial charge in [-0.1, -0.05) is 18.2 Å². The minimum Gasteiger partial charge on any atom is -0.408 e. The van der Waals surface area contributed by atoms with E-state index in [9.17, 15) is 23.1 Å². The summed E-state index contributed by atoms with van der Waals surface area (Å²) >= 11 is 0. The highest BCUT2D eigenvalue weighted by Gasteiger charge is 2.30. The molecule has 0 fully saturated rings. The van der Waals surface area contributed by atoms with Gasteiger partial charge in [0.2, 0.25) is 0 Å². The highest BCUT2D eigenvalue weighted by atomic mass is 19.4. The quantitative estimate of drug-likeness (QED) is 0.742. The summed E-state index contributed by atoms with van der Waals surface area (Å²) in [5.41, 5.74) is 2.34. The molecule has 0 unspecified atom stereocenters. The molecule has 3 aromatic rings. The van der Waals surface area contributed by atoms with Crippen LogP contribution >= 0.6 is 0 Å². The molecule has 0 radical (unpaired) electrons. The van der Waals surface area contributed by atoms with Gasteiger partial charge in [0.25, 0.3) is 0 Å². The lowest BCUT2D eigenvalue weighted by atomic mass is 10.1. The Bertz CT molecular complexity index is 955. The summed E-state index contributed by atoms with van der Waals surface area (Å²) in [6.45, 7) is 1.93. The highest BCUT2D eigenvalue weighted by molar-refractivity contribution is 5.80. The summed E-state index contributed by atoms with van der Waals surface area (Å²) in [6, 6.07) is 10.5. The molecule has 0 aliphatic heterocycles. The topological polar surface area (TPSA) is 64.6 Å². The van der Waals surface area contributed by atoms with Crippen LogP contribution in [0, 0.1) is 0 Å². The molecule has 0 saturated carbocycles. The zero-order valence-electron chi connectivity index (χ0n) is 13.8. The van der Waals surface area contributed by atoms with Crippen molar-refractivity contribution in [2.75, 3.05) is 0 Å². The number of aryl methyl sites for hydroxylation is 1. The summed E-state index contributed by atoms with van der Waals surface area (Å²) in [5, 5.41) is 9.42. The molecule has 1 aromatic heterocycles. The van der Waals surface area contributed by atoms with Gasteiger partial charge in [-0.2, -0.15) is 0 Å². The van der Waals surface area contributed by atoms with Crippen LogP contribution in [0.25, 0.3) is 22.2 Å². The Kier molecular flexibility index (Phi) is 4.78. The first kappa shape index (κ1) is 18.1. The Hall–Kier alpha value is -2.74. The largest absolute Gasteiger partial charge is 0.573 e. The van der Waals surface area contributed by atoms with Crippen LogP contribution < -0.4 is 10.5 Å². The maximum absolute atomic E-state index is 12.2. The van der Waals surface area contributed by atoms with Crippen LogP contribution in [0.5, 0.6) is 5.75 Å². The van der Waals surface area contributed by atoms with Crippen molar-refractivity contribution in [1.82, 2.24) is 4.57 Å². The second kappa shape index (κ2) is 6.87. The van der Waals surface area contributed by atoms with E-state index in [4.69, 9.17) is 4.42 Å². The predicted molar refractivity (Wildman–Crippen MR) is 88.9 cm³/mol. The average Bonchev–Trinajstić information content (AvgIpc) is 2.86. The normalized spacial score (nSPS) is 13.1. The van der Waals surface area contributed by atoms with Gasteiger partial charge in [-0.25, -0.2) is 4.79 Å². The van der Waals surface area contributed by atoms with Crippen LogP contribution in [-0.4, -0.2) is 22.1 Å². The molecule has 2 aromatic carbocycles. The number of ether oxygens (including phenoxy) is 1. The first-order valence-electron chi connectivity index (χ1n) is 7.90. The SMILES string of the molecule is C[C@H](O)CCn1c(=O)oc2ccc(-c3ccc(OC(F)(F)F)cc3)cc21. The molecule has 26 heavy (non-hydrogen) atoms. The molecular weight excluding hydrogens is 351 g/mol. The number of halogens is 3. The van der Waals surface area contributed by atoms with Gasteiger partial charge in [-0.05, 0) is 48.7 Å². The number of nitrogens with zero attached hydrogens (tertiary/aromatic N) is 1. The number of aliphatic hydroxyl groups is 1. The third-order valence-corrected chi connectivity index (χ3v) is 3.86. The Labute approximate surface area is 146 Å². The standard InChI is InChI=1S/C18H16F3NO4/c1-11(23)8-9-22-15-10-13(4-7-16(15)25-17(22)24)12-2-5-14(6-3-12)26-18(19,20)21/h2-7,10-11,23H,8-9H2,1H3/t11-/m0/s1. The van der Waals surface area contributed by atoms with Crippen LogP contribution in [0.3, 0.4) is 0 Å². The number of oxazole rings is 1. The first-order chi connectivity index (χ1) is 12.2. The van der Waals surface area contributed by atoms with Crippen molar-refractivity contribution in [3.05, 3.63) is 53.0 Å².